The molecule has 148 valence electrons. The summed E-state index contributed by atoms with van der Waals surface area (Å²) in [6, 6.07) is 9.62. The molecule has 1 aliphatic heterocycles. The minimum atomic E-state index is -0.0910. The Morgan fingerprint density at radius 2 is 1.78 bits per heavy atom. The van der Waals surface area contributed by atoms with Gasteiger partial charge in [-0.1, -0.05) is 29.8 Å². The SMILES string of the molecule is Cc1ccc(C23CC4CC(CC(C(=O)N(C)C5CCNC5)(C4)C2)C3)cc1.Cl. The summed E-state index contributed by atoms with van der Waals surface area (Å²) in [5.41, 5.74) is 2.99. The summed E-state index contributed by atoms with van der Waals surface area (Å²) >= 11 is 0. The molecule has 1 saturated heterocycles. The zero-order chi connectivity index (χ0) is 17.9. The number of carbonyl (C=O) groups is 1. The van der Waals surface area contributed by atoms with Gasteiger partial charge >= 0.3 is 0 Å². The summed E-state index contributed by atoms with van der Waals surface area (Å²) in [7, 11) is 2.07. The van der Waals surface area contributed by atoms with E-state index in [4.69, 9.17) is 0 Å². The predicted octanol–water partition coefficient (Wildman–Crippen LogP) is 4.08. The maximum atomic E-state index is 13.7. The predicted molar refractivity (Wildman–Crippen MR) is 111 cm³/mol. The van der Waals surface area contributed by atoms with Crippen molar-refractivity contribution in [2.24, 2.45) is 17.3 Å². The standard InChI is InChI=1S/C23H32N2O.ClH/c1-16-3-5-19(6-4-16)22-10-17-9-18(11-22)13-23(12-17,15-22)21(26)25(2)20-7-8-24-14-20;/h3-6,17-18,20,24H,7-15H2,1-2H3;1H. The smallest absolute Gasteiger partial charge is 0.228 e. The van der Waals surface area contributed by atoms with E-state index in [2.05, 4.69) is 48.5 Å². The minimum Gasteiger partial charge on any atom is -0.341 e. The zero-order valence-electron chi connectivity index (χ0n) is 16.7. The quantitative estimate of drug-likeness (QED) is 0.846. The second kappa shape index (κ2) is 6.77. The number of carbonyl (C=O) groups excluding carboxylic acids is 1. The molecule has 4 aliphatic carbocycles. The Kier molecular flexibility index (Phi) is 4.83. The van der Waals surface area contributed by atoms with Crippen molar-refractivity contribution in [2.45, 2.75) is 63.3 Å². The molecule has 4 saturated carbocycles. The number of nitrogens with zero attached hydrogens (tertiary/aromatic N) is 1. The van der Waals surface area contributed by atoms with Crippen LogP contribution >= 0.6 is 12.4 Å². The number of nitrogens with one attached hydrogen (secondary N) is 1. The molecular formula is C23H33ClN2O. The lowest BCUT2D eigenvalue weighted by Crippen LogP contribution is -2.60. The number of hydrogen-bond donors (Lipinski definition) is 1. The Bertz CT molecular complexity index is 696. The van der Waals surface area contributed by atoms with Crippen LogP contribution in [0, 0.1) is 24.2 Å². The fraction of sp³-hybridized carbons (Fsp3) is 0.696. The molecule has 4 heteroatoms. The number of rotatable bonds is 3. The topological polar surface area (TPSA) is 32.3 Å². The monoisotopic (exact) mass is 388 g/mol. The molecule has 4 bridgehead atoms. The molecule has 3 unspecified atom stereocenters. The summed E-state index contributed by atoms with van der Waals surface area (Å²) in [5.74, 6) is 1.95. The van der Waals surface area contributed by atoms with Crippen LogP contribution in [0.25, 0.3) is 0 Å². The average Bonchev–Trinajstić information content (AvgIpc) is 3.14. The number of likely N-dealkylation sites (N-methyl/N-ethyl adjacent to an activating group) is 1. The van der Waals surface area contributed by atoms with Crippen LogP contribution in [0.15, 0.2) is 24.3 Å². The number of aryl methyl sites for hydroxylation is 1. The van der Waals surface area contributed by atoms with Gasteiger partial charge in [-0.05, 0) is 81.2 Å². The molecule has 1 heterocycles. The summed E-state index contributed by atoms with van der Waals surface area (Å²) in [5, 5.41) is 3.43. The first-order valence-electron chi connectivity index (χ1n) is 10.5. The van der Waals surface area contributed by atoms with E-state index < -0.39 is 0 Å². The molecule has 0 radical (unpaired) electrons. The second-order valence-corrected chi connectivity index (χ2v) is 9.95. The van der Waals surface area contributed by atoms with Crippen molar-refractivity contribution in [3.8, 4) is 0 Å². The van der Waals surface area contributed by atoms with Crippen LogP contribution < -0.4 is 5.32 Å². The van der Waals surface area contributed by atoms with Crippen molar-refractivity contribution in [1.29, 1.82) is 0 Å². The van der Waals surface area contributed by atoms with Gasteiger partial charge in [-0.2, -0.15) is 0 Å². The van der Waals surface area contributed by atoms with Crippen molar-refractivity contribution in [3.63, 3.8) is 0 Å². The van der Waals surface area contributed by atoms with Crippen molar-refractivity contribution >= 4 is 18.3 Å². The number of amides is 1. The van der Waals surface area contributed by atoms with Gasteiger partial charge in [0.1, 0.15) is 0 Å². The van der Waals surface area contributed by atoms with Crippen molar-refractivity contribution < 1.29 is 4.79 Å². The molecule has 1 aromatic rings. The van der Waals surface area contributed by atoms with Gasteiger partial charge in [-0.3, -0.25) is 4.79 Å². The molecule has 5 fully saturated rings. The number of hydrogen-bond acceptors (Lipinski definition) is 2. The van der Waals surface area contributed by atoms with Crippen molar-refractivity contribution in [2.75, 3.05) is 20.1 Å². The zero-order valence-corrected chi connectivity index (χ0v) is 17.5. The fourth-order valence-electron chi connectivity index (χ4n) is 7.27. The first-order valence-corrected chi connectivity index (χ1v) is 10.5. The van der Waals surface area contributed by atoms with Crippen molar-refractivity contribution in [1.82, 2.24) is 10.2 Å². The van der Waals surface area contributed by atoms with Crippen molar-refractivity contribution in [3.05, 3.63) is 35.4 Å². The molecule has 1 aromatic carbocycles. The van der Waals surface area contributed by atoms with Gasteiger partial charge in [0.25, 0.3) is 0 Å². The molecule has 5 aliphatic rings. The highest BCUT2D eigenvalue weighted by molar-refractivity contribution is 5.85. The van der Waals surface area contributed by atoms with Gasteiger partial charge in [0, 0.05) is 19.6 Å². The van der Waals surface area contributed by atoms with E-state index in [9.17, 15) is 4.79 Å². The first-order chi connectivity index (χ1) is 12.5. The summed E-state index contributed by atoms with van der Waals surface area (Å²) in [6.07, 6.45) is 8.43. The van der Waals surface area contributed by atoms with Crippen LogP contribution in [0.4, 0.5) is 0 Å². The molecule has 3 nitrogen and oxygen atoms in total. The molecule has 1 amide bonds. The van der Waals surface area contributed by atoms with E-state index in [0.717, 1.165) is 50.6 Å². The third-order valence-electron chi connectivity index (χ3n) is 8.08. The highest BCUT2D eigenvalue weighted by atomic mass is 35.5. The Hall–Kier alpha value is -1.06. The lowest BCUT2D eigenvalue weighted by molar-refractivity contribution is -0.160. The van der Waals surface area contributed by atoms with Gasteiger partial charge in [0.05, 0.1) is 5.41 Å². The third-order valence-corrected chi connectivity index (χ3v) is 8.08. The van der Waals surface area contributed by atoms with Gasteiger partial charge in [-0.25, -0.2) is 0 Å². The van der Waals surface area contributed by atoms with Gasteiger partial charge < -0.3 is 10.2 Å². The maximum Gasteiger partial charge on any atom is 0.228 e. The normalized spacial score (nSPS) is 39.3. The van der Waals surface area contributed by atoms with Gasteiger partial charge in [0.15, 0.2) is 0 Å². The Balaban J connectivity index is 0.00000180. The average molecular weight is 389 g/mol. The largest absolute Gasteiger partial charge is 0.341 e. The lowest BCUT2D eigenvalue weighted by atomic mass is 9.42. The van der Waals surface area contributed by atoms with Crippen LogP contribution in [0.5, 0.6) is 0 Å². The lowest BCUT2D eigenvalue weighted by Gasteiger charge is -2.62. The summed E-state index contributed by atoms with van der Waals surface area (Å²) in [6.45, 7) is 4.18. The molecule has 1 N–H and O–H groups in total. The number of halogens is 1. The summed E-state index contributed by atoms with van der Waals surface area (Å²) in [4.78, 5) is 15.8. The summed E-state index contributed by atoms with van der Waals surface area (Å²) < 4.78 is 0. The maximum absolute atomic E-state index is 13.7. The van der Waals surface area contributed by atoms with E-state index in [1.54, 1.807) is 0 Å². The van der Waals surface area contributed by atoms with E-state index in [1.165, 1.54) is 30.4 Å². The van der Waals surface area contributed by atoms with E-state index in [0.29, 0.717) is 11.9 Å². The number of benzene rings is 1. The first kappa shape index (κ1) is 19.3. The highest BCUT2D eigenvalue weighted by Crippen LogP contribution is 2.66. The fourth-order valence-corrected chi connectivity index (χ4v) is 7.27. The van der Waals surface area contributed by atoms with Crippen LogP contribution in [0.1, 0.15) is 56.1 Å². The molecule has 27 heavy (non-hydrogen) atoms. The van der Waals surface area contributed by atoms with Gasteiger partial charge in [-0.15, -0.1) is 12.4 Å². The third kappa shape index (κ3) is 3.02. The molecule has 0 spiro atoms. The van der Waals surface area contributed by atoms with Crippen LogP contribution in [0.2, 0.25) is 0 Å². The Morgan fingerprint density at radius 3 is 2.37 bits per heavy atom. The molecule has 0 aromatic heterocycles. The van der Waals surface area contributed by atoms with Crippen LogP contribution in [0.3, 0.4) is 0 Å². The molecule has 3 atom stereocenters. The Labute approximate surface area is 169 Å². The molecular weight excluding hydrogens is 356 g/mol. The Morgan fingerprint density at radius 1 is 1.11 bits per heavy atom. The van der Waals surface area contributed by atoms with Crippen LogP contribution in [-0.2, 0) is 10.2 Å². The second-order valence-electron chi connectivity index (χ2n) is 9.95. The van der Waals surface area contributed by atoms with E-state index >= 15 is 0 Å². The molecule has 6 rings (SSSR count). The minimum absolute atomic E-state index is 0. The van der Waals surface area contributed by atoms with E-state index in [-0.39, 0.29) is 23.2 Å². The van der Waals surface area contributed by atoms with Gasteiger partial charge in [0.2, 0.25) is 5.91 Å². The van der Waals surface area contributed by atoms with Crippen LogP contribution in [-0.4, -0.2) is 37.0 Å². The van der Waals surface area contributed by atoms with E-state index in [1.807, 2.05) is 0 Å². The highest BCUT2D eigenvalue weighted by Gasteiger charge is 2.61.